The topological polar surface area (TPSA) is 84.3 Å². The molecule has 0 bridgehead atoms. The van der Waals surface area contributed by atoms with Crippen molar-refractivity contribution in [2.24, 2.45) is 5.41 Å². The van der Waals surface area contributed by atoms with Crippen molar-refractivity contribution in [3.63, 3.8) is 0 Å². The van der Waals surface area contributed by atoms with Crippen LogP contribution in [0.4, 0.5) is 11.4 Å². The van der Waals surface area contributed by atoms with Crippen LogP contribution in [-0.2, 0) is 0 Å². The van der Waals surface area contributed by atoms with Crippen molar-refractivity contribution >= 4 is 17.3 Å². The summed E-state index contributed by atoms with van der Waals surface area (Å²) in [5.41, 5.74) is 0.953. The van der Waals surface area contributed by atoms with E-state index in [4.69, 9.17) is 0 Å². The van der Waals surface area contributed by atoms with Gasteiger partial charge in [0.15, 0.2) is 0 Å². The molecule has 0 unspecified atom stereocenters. The number of hydrogen-bond donors (Lipinski definition) is 2. The van der Waals surface area contributed by atoms with Crippen LogP contribution in [0.3, 0.4) is 0 Å². The number of rotatable bonds is 6. The lowest BCUT2D eigenvalue weighted by atomic mass is 9.92. The fourth-order valence-corrected chi connectivity index (χ4v) is 1.82. The molecule has 6 heteroatoms. The predicted octanol–water partition coefficient (Wildman–Crippen LogP) is 3.19. The van der Waals surface area contributed by atoms with Gasteiger partial charge in [0, 0.05) is 30.9 Å². The smallest absolute Gasteiger partial charge is 0.270 e. The van der Waals surface area contributed by atoms with Crippen molar-refractivity contribution in [1.82, 2.24) is 5.32 Å². The number of carbonyl (C=O) groups is 1. The van der Waals surface area contributed by atoms with E-state index in [0.29, 0.717) is 24.3 Å². The highest BCUT2D eigenvalue weighted by molar-refractivity contribution is 6.00. The number of hydrogen-bond acceptors (Lipinski definition) is 4. The van der Waals surface area contributed by atoms with Gasteiger partial charge >= 0.3 is 0 Å². The van der Waals surface area contributed by atoms with Crippen molar-refractivity contribution in [2.75, 3.05) is 18.4 Å². The Morgan fingerprint density at radius 2 is 2.00 bits per heavy atom. The largest absolute Gasteiger partial charge is 0.385 e. The molecule has 6 nitrogen and oxygen atoms in total. The maximum atomic E-state index is 12.2. The normalized spacial score (nSPS) is 11.0. The fourth-order valence-electron chi connectivity index (χ4n) is 1.82. The highest BCUT2D eigenvalue weighted by Gasteiger charge is 2.17. The molecule has 0 aromatic heterocycles. The summed E-state index contributed by atoms with van der Waals surface area (Å²) in [6, 6.07) is 4.27. The third-order valence-corrected chi connectivity index (χ3v) is 2.99. The van der Waals surface area contributed by atoms with E-state index in [0.717, 1.165) is 6.42 Å². The average molecular weight is 293 g/mol. The first-order valence-electron chi connectivity index (χ1n) is 7.05. The molecule has 0 fully saturated rings. The van der Waals surface area contributed by atoms with E-state index < -0.39 is 4.92 Å². The quantitative estimate of drug-likeness (QED) is 0.623. The summed E-state index contributed by atoms with van der Waals surface area (Å²) in [5, 5.41) is 16.7. The molecule has 116 valence electrons. The monoisotopic (exact) mass is 293 g/mol. The highest BCUT2D eigenvalue weighted by atomic mass is 16.6. The van der Waals surface area contributed by atoms with Crippen LogP contribution in [0.5, 0.6) is 0 Å². The number of nitrogens with zero attached hydrogens (tertiary/aromatic N) is 1. The number of nitrogens with one attached hydrogen (secondary N) is 2. The number of benzene rings is 1. The molecular weight excluding hydrogens is 270 g/mol. The Labute approximate surface area is 125 Å². The number of amides is 1. The van der Waals surface area contributed by atoms with Crippen LogP contribution in [0.15, 0.2) is 18.2 Å². The number of anilines is 1. The zero-order chi connectivity index (χ0) is 16.0. The minimum atomic E-state index is -0.498. The Morgan fingerprint density at radius 1 is 1.33 bits per heavy atom. The highest BCUT2D eigenvalue weighted by Crippen LogP contribution is 2.22. The number of nitro benzene ring substituents is 1. The van der Waals surface area contributed by atoms with Gasteiger partial charge in [0.25, 0.3) is 11.6 Å². The maximum Gasteiger partial charge on any atom is 0.270 e. The zero-order valence-corrected chi connectivity index (χ0v) is 13.0. The van der Waals surface area contributed by atoms with Gasteiger partial charge in [-0.05, 0) is 24.8 Å². The fraction of sp³-hybridized carbons (Fsp3) is 0.533. The van der Waals surface area contributed by atoms with Crippen molar-refractivity contribution in [2.45, 2.75) is 34.1 Å². The molecule has 21 heavy (non-hydrogen) atoms. The Hall–Kier alpha value is -2.11. The van der Waals surface area contributed by atoms with E-state index in [1.165, 1.54) is 12.1 Å². The predicted molar refractivity (Wildman–Crippen MR) is 83.7 cm³/mol. The van der Waals surface area contributed by atoms with Crippen molar-refractivity contribution in [1.29, 1.82) is 0 Å². The molecular formula is C15H23N3O3. The molecule has 1 aromatic rings. The van der Waals surface area contributed by atoms with Crippen LogP contribution in [0.1, 0.15) is 44.5 Å². The first-order valence-corrected chi connectivity index (χ1v) is 7.05. The summed E-state index contributed by atoms with van der Waals surface area (Å²) < 4.78 is 0. The molecule has 0 heterocycles. The van der Waals surface area contributed by atoms with Crippen molar-refractivity contribution in [3.8, 4) is 0 Å². The minimum absolute atomic E-state index is 0.0855. The first-order chi connectivity index (χ1) is 9.74. The average Bonchev–Trinajstić information content (AvgIpc) is 2.37. The standard InChI is InChI=1S/C15H23N3O3/c1-5-16-13-7-6-11(18(20)21)10-12(13)14(19)17-9-8-15(2,3)4/h6-7,10,16H,5,8-9H2,1-4H3,(H,17,19). The van der Waals surface area contributed by atoms with Gasteiger partial charge in [0.1, 0.15) is 0 Å². The van der Waals surface area contributed by atoms with E-state index in [-0.39, 0.29) is 17.0 Å². The van der Waals surface area contributed by atoms with Crippen LogP contribution in [-0.4, -0.2) is 23.9 Å². The Kier molecular flexibility index (Phi) is 5.69. The number of nitro groups is 1. The Morgan fingerprint density at radius 3 is 2.52 bits per heavy atom. The SMILES string of the molecule is CCNc1ccc([N+](=O)[O-])cc1C(=O)NCCC(C)(C)C. The molecule has 0 radical (unpaired) electrons. The van der Waals surface area contributed by atoms with Gasteiger partial charge in [-0.25, -0.2) is 0 Å². The molecule has 2 N–H and O–H groups in total. The van der Waals surface area contributed by atoms with E-state index in [2.05, 4.69) is 31.4 Å². The summed E-state index contributed by atoms with van der Waals surface area (Å²) >= 11 is 0. The van der Waals surface area contributed by atoms with Gasteiger partial charge in [-0.15, -0.1) is 0 Å². The lowest BCUT2D eigenvalue weighted by molar-refractivity contribution is -0.384. The van der Waals surface area contributed by atoms with Gasteiger partial charge in [-0.2, -0.15) is 0 Å². The molecule has 0 aliphatic heterocycles. The Balaban J connectivity index is 2.89. The van der Waals surface area contributed by atoms with Crippen LogP contribution in [0.2, 0.25) is 0 Å². The van der Waals surface area contributed by atoms with Crippen LogP contribution >= 0.6 is 0 Å². The van der Waals surface area contributed by atoms with Gasteiger partial charge in [0.2, 0.25) is 0 Å². The molecule has 0 spiro atoms. The molecule has 0 saturated carbocycles. The van der Waals surface area contributed by atoms with Crippen LogP contribution < -0.4 is 10.6 Å². The third kappa shape index (κ3) is 5.41. The molecule has 1 amide bonds. The molecule has 0 atom stereocenters. The number of non-ortho nitro benzene ring substituents is 1. The Bertz CT molecular complexity index is 521. The second kappa shape index (κ2) is 7.06. The van der Waals surface area contributed by atoms with E-state index >= 15 is 0 Å². The molecule has 0 aliphatic rings. The summed E-state index contributed by atoms with van der Waals surface area (Å²) in [6.45, 7) is 9.36. The summed E-state index contributed by atoms with van der Waals surface area (Å²) in [6.07, 6.45) is 0.838. The van der Waals surface area contributed by atoms with Gasteiger partial charge < -0.3 is 10.6 Å². The van der Waals surface area contributed by atoms with Crippen LogP contribution in [0.25, 0.3) is 0 Å². The molecule has 0 aliphatic carbocycles. The van der Waals surface area contributed by atoms with Crippen molar-refractivity contribution in [3.05, 3.63) is 33.9 Å². The lowest BCUT2D eigenvalue weighted by Gasteiger charge is -2.18. The van der Waals surface area contributed by atoms with Gasteiger partial charge in [-0.1, -0.05) is 20.8 Å². The third-order valence-electron chi connectivity index (χ3n) is 2.99. The summed E-state index contributed by atoms with van der Waals surface area (Å²) in [5.74, 6) is -0.293. The van der Waals surface area contributed by atoms with Gasteiger partial charge in [-0.3, -0.25) is 14.9 Å². The second-order valence-electron chi connectivity index (χ2n) is 6.08. The lowest BCUT2D eigenvalue weighted by Crippen LogP contribution is -2.28. The number of carbonyl (C=O) groups excluding carboxylic acids is 1. The van der Waals surface area contributed by atoms with E-state index in [9.17, 15) is 14.9 Å². The molecule has 1 aromatic carbocycles. The molecule has 0 saturated heterocycles. The van der Waals surface area contributed by atoms with Crippen molar-refractivity contribution < 1.29 is 9.72 Å². The summed E-state index contributed by atoms with van der Waals surface area (Å²) in [4.78, 5) is 22.6. The first kappa shape index (κ1) is 16.9. The minimum Gasteiger partial charge on any atom is -0.385 e. The zero-order valence-electron chi connectivity index (χ0n) is 13.0. The summed E-state index contributed by atoms with van der Waals surface area (Å²) in [7, 11) is 0. The van der Waals surface area contributed by atoms with Gasteiger partial charge in [0.05, 0.1) is 10.5 Å². The second-order valence-corrected chi connectivity index (χ2v) is 6.08. The van der Waals surface area contributed by atoms with Crippen LogP contribution in [0, 0.1) is 15.5 Å². The van der Waals surface area contributed by atoms with E-state index in [1.807, 2.05) is 6.92 Å². The maximum absolute atomic E-state index is 12.2. The van der Waals surface area contributed by atoms with E-state index in [1.54, 1.807) is 6.07 Å². The molecule has 1 rings (SSSR count).